The third kappa shape index (κ3) is 2.19. The maximum Gasteiger partial charge on any atom is 0.257 e. The highest BCUT2D eigenvalue weighted by Gasteiger charge is 2.11. The molecular weight excluding hydrogens is 250 g/mol. The van der Waals surface area contributed by atoms with Gasteiger partial charge in [-0.2, -0.15) is 0 Å². The fourth-order valence-corrected chi connectivity index (χ4v) is 2.12. The zero-order valence-electron chi connectivity index (χ0n) is 10.7. The molecule has 2 aromatic carbocycles. The normalized spacial score (nSPS) is 10.4. The molecule has 1 aromatic heterocycles. The fraction of sp³-hybridized carbons (Fsp3) is 0. The number of aromatic nitrogens is 1. The number of amides is 1. The van der Waals surface area contributed by atoms with Gasteiger partial charge in [-0.05, 0) is 29.0 Å². The van der Waals surface area contributed by atoms with Gasteiger partial charge >= 0.3 is 0 Å². The SMILES string of the molecule is Nc1cccnc1NC(=O)c1cccc2ccccc12. The quantitative estimate of drug-likeness (QED) is 0.746. The average molecular weight is 263 g/mol. The molecule has 0 aliphatic heterocycles. The van der Waals surface area contributed by atoms with Gasteiger partial charge < -0.3 is 11.1 Å². The maximum absolute atomic E-state index is 12.4. The summed E-state index contributed by atoms with van der Waals surface area (Å²) in [6.45, 7) is 0. The lowest BCUT2D eigenvalue weighted by molar-refractivity contribution is 0.102. The van der Waals surface area contributed by atoms with Crippen molar-refractivity contribution in [3.63, 3.8) is 0 Å². The summed E-state index contributed by atoms with van der Waals surface area (Å²) in [5, 5.41) is 4.67. The highest BCUT2D eigenvalue weighted by atomic mass is 16.1. The van der Waals surface area contributed by atoms with Gasteiger partial charge in [0.1, 0.15) is 0 Å². The van der Waals surface area contributed by atoms with E-state index in [9.17, 15) is 4.79 Å². The third-order valence-corrected chi connectivity index (χ3v) is 3.11. The van der Waals surface area contributed by atoms with Gasteiger partial charge in [-0.15, -0.1) is 0 Å². The molecule has 0 bridgehead atoms. The van der Waals surface area contributed by atoms with E-state index in [0.29, 0.717) is 17.1 Å². The molecule has 0 spiro atoms. The molecule has 0 atom stereocenters. The van der Waals surface area contributed by atoms with Gasteiger partial charge in [0.25, 0.3) is 5.91 Å². The van der Waals surface area contributed by atoms with Crippen LogP contribution in [0.25, 0.3) is 10.8 Å². The van der Waals surface area contributed by atoms with E-state index >= 15 is 0 Å². The van der Waals surface area contributed by atoms with E-state index in [1.807, 2.05) is 36.4 Å². The smallest absolute Gasteiger partial charge is 0.257 e. The summed E-state index contributed by atoms with van der Waals surface area (Å²) >= 11 is 0. The molecule has 4 nitrogen and oxygen atoms in total. The van der Waals surface area contributed by atoms with Crippen LogP contribution in [0.2, 0.25) is 0 Å². The number of carbonyl (C=O) groups is 1. The number of rotatable bonds is 2. The van der Waals surface area contributed by atoms with Crippen LogP contribution in [-0.4, -0.2) is 10.9 Å². The Labute approximate surface area is 116 Å². The maximum atomic E-state index is 12.4. The molecule has 0 saturated carbocycles. The molecule has 20 heavy (non-hydrogen) atoms. The summed E-state index contributed by atoms with van der Waals surface area (Å²) in [4.78, 5) is 16.4. The zero-order valence-corrected chi connectivity index (χ0v) is 10.7. The topological polar surface area (TPSA) is 68.0 Å². The van der Waals surface area contributed by atoms with Crippen LogP contribution in [0.4, 0.5) is 11.5 Å². The predicted octanol–water partition coefficient (Wildman–Crippen LogP) is 3.07. The van der Waals surface area contributed by atoms with E-state index in [2.05, 4.69) is 10.3 Å². The first kappa shape index (κ1) is 12.2. The predicted molar refractivity (Wildman–Crippen MR) is 80.6 cm³/mol. The van der Waals surface area contributed by atoms with Crippen molar-refractivity contribution in [1.29, 1.82) is 0 Å². The Bertz CT molecular complexity index is 778. The number of hydrogen-bond acceptors (Lipinski definition) is 3. The van der Waals surface area contributed by atoms with Crippen molar-refractivity contribution in [2.75, 3.05) is 11.1 Å². The van der Waals surface area contributed by atoms with Gasteiger partial charge in [-0.1, -0.05) is 36.4 Å². The zero-order chi connectivity index (χ0) is 13.9. The lowest BCUT2D eigenvalue weighted by Crippen LogP contribution is -2.14. The summed E-state index contributed by atoms with van der Waals surface area (Å²) < 4.78 is 0. The van der Waals surface area contributed by atoms with E-state index in [1.165, 1.54) is 0 Å². The van der Waals surface area contributed by atoms with Crippen LogP contribution < -0.4 is 11.1 Å². The van der Waals surface area contributed by atoms with Crippen LogP contribution in [0.5, 0.6) is 0 Å². The molecule has 1 amide bonds. The highest BCUT2D eigenvalue weighted by Crippen LogP contribution is 2.20. The fourth-order valence-electron chi connectivity index (χ4n) is 2.12. The minimum atomic E-state index is -0.216. The number of nitrogen functional groups attached to an aromatic ring is 1. The number of nitrogens with one attached hydrogen (secondary N) is 1. The van der Waals surface area contributed by atoms with Crippen molar-refractivity contribution in [3.05, 3.63) is 66.4 Å². The third-order valence-electron chi connectivity index (χ3n) is 3.11. The molecule has 0 aliphatic carbocycles. The van der Waals surface area contributed by atoms with Crippen molar-refractivity contribution in [2.24, 2.45) is 0 Å². The van der Waals surface area contributed by atoms with Crippen molar-refractivity contribution >= 4 is 28.2 Å². The first-order valence-electron chi connectivity index (χ1n) is 6.25. The monoisotopic (exact) mass is 263 g/mol. The van der Waals surface area contributed by atoms with Crippen LogP contribution in [0.15, 0.2) is 60.8 Å². The Morgan fingerprint density at radius 2 is 1.80 bits per heavy atom. The molecule has 3 rings (SSSR count). The molecule has 3 aromatic rings. The first-order chi connectivity index (χ1) is 9.75. The van der Waals surface area contributed by atoms with Gasteiger partial charge in [-0.3, -0.25) is 4.79 Å². The molecular formula is C16H13N3O. The summed E-state index contributed by atoms with van der Waals surface area (Å²) in [6.07, 6.45) is 1.59. The largest absolute Gasteiger partial charge is 0.396 e. The molecule has 0 fully saturated rings. The molecule has 0 radical (unpaired) electrons. The van der Waals surface area contributed by atoms with Crippen LogP contribution in [0, 0.1) is 0 Å². The average Bonchev–Trinajstić information content (AvgIpc) is 2.49. The van der Waals surface area contributed by atoms with Gasteiger partial charge in [-0.25, -0.2) is 4.98 Å². The van der Waals surface area contributed by atoms with E-state index in [0.717, 1.165) is 10.8 Å². The lowest BCUT2D eigenvalue weighted by Gasteiger charge is -2.08. The Balaban J connectivity index is 1.99. The Morgan fingerprint density at radius 1 is 1.00 bits per heavy atom. The Morgan fingerprint density at radius 3 is 2.65 bits per heavy atom. The van der Waals surface area contributed by atoms with Crippen LogP contribution >= 0.6 is 0 Å². The molecule has 1 heterocycles. The van der Waals surface area contributed by atoms with Gasteiger partial charge in [0, 0.05) is 11.8 Å². The second-order valence-electron chi connectivity index (χ2n) is 4.42. The number of carbonyl (C=O) groups excluding carboxylic acids is 1. The van der Waals surface area contributed by atoms with Gasteiger partial charge in [0.2, 0.25) is 0 Å². The molecule has 0 saturated heterocycles. The number of fused-ring (bicyclic) bond motifs is 1. The molecule has 0 unspecified atom stereocenters. The minimum absolute atomic E-state index is 0.216. The van der Waals surface area contributed by atoms with E-state index < -0.39 is 0 Å². The molecule has 98 valence electrons. The van der Waals surface area contributed by atoms with Gasteiger partial charge in [0.05, 0.1) is 5.69 Å². The number of benzene rings is 2. The summed E-state index contributed by atoms with van der Waals surface area (Å²) in [5.74, 6) is 0.164. The minimum Gasteiger partial charge on any atom is -0.396 e. The second kappa shape index (κ2) is 5.01. The van der Waals surface area contributed by atoms with Crippen molar-refractivity contribution in [1.82, 2.24) is 4.98 Å². The summed E-state index contributed by atoms with van der Waals surface area (Å²) in [7, 11) is 0. The van der Waals surface area contributed by atoms with E-state index in [1.54, 1.807) is 24.4 Å². The number of hydrogen-bond donors (Lipinski definition) is 2. The van der Waals surface area contributed by atoms with Gasteiger partial charge in [0.15, 0.2) is 5.82 Å². The summed E-state index contributed by atoms with van der Waals surface area (Å²) in [5.41, 5.74) is 6.83. The number of nitrogens with two attached hydrogens (primary N) is 1. The Kier molecular flexibility index (Phi) is 3.05. The van der Waals surface area contributed by atoms with E-state index in [-0.39, 0.29) is 5.91 Å². The standard InChI is InChI=1S/C16H13N3O/c17-14-9-4-10-18-15(14)19-16(20)13-8-3-6-11-5-1-2-7-12(11)13/h1-10H,17H2,(H,18,19,20). The van der Waals surface area contributed by atoms with Crippen molar-refractivity contribution < 1.29 is 4.79 Å². The van der Waals surface area contributed by atoms with Crippen molar-refractivity contribution in [3.8, 4) is 0 Å². The Hall–Kier alpha value is -2.88. The van der Waals surface area contributed by atoms with Crippen molar-refractivity contribution in [2.45, 2.75) is 0 Å². The molecule has 0 aliphatic rings. The number of pyridine rings is 1. The van der Waals surface area contributed by atoms with Crippen LogP contribution in [0.3, 0.4) is 0 Å². The second-order valence-corrected chi connectivity index (χ2v) is 4.42. The van der Waals surface area contributed by atoms with E-state index in [4.69, 9.17) is 5.73 Å². The first-order valence-corrected chi connectivity index (χ1v) is 6.25. The molecule has 3 N–H and O–H groups in total. The number of nitrogens with zero attached hydrogens (tertiary/aromatic N) is 1. The highest BCUT2D eigenvalue weighted by molar-refractivity contribution is 6.13. The molecule has 4 heteroatoms. The van der Waals surface area contributed by atoms with Crippen LogP contribution in [-0.2, 0) is 0 Å². The summed E-state index contributed by atoms with van der Waals surface area (Å²) in [6, 6.07) is 16.8. The lowest BCUT2D eigenvalue weighted by atomic mass is 10.0. The number of anilines is 2. The van der Waals surface area contributed by atoms with Crippen LogP contribution in [0.1, 0.15) is 10.4 Å².